The summed E-state index contributed by atoms with van der Waals surface area (Å²) in [6, 6.07) is 4.48. The number of rotatable bonds is 5. The third kappa shape index (κ3) is 5.17. The number of aryl methyl sites for hydroxylation is 1. The summed E-state index contributed by atoms with van der Waals surface area (Å²) in [6.07, 6.45) is 10.9. The summed E-state index contributed by atoms with van der Waals surface area (Å²) in [6.45, 7) is 7.46. The number of carbonyl (C=O) groups is 1. The Labute approximate surface area is 174 Å². The smallest absolute Gasteiger partial charge is 0.330 e. The molecule has 158 valence electrons. The van der Waals surface area contributed by atoms with E-state index in [0.29, 0.717) is 5.41 Å². The Morgan fingerprint density at radius 2 is 1.90 bits per heavy atom. The minimum Gasteiger partial charge on any atom is -0.466 e. The lowest BCUT2D eigenvalue weighted by atomic mass is 9.71. The molecule has 0 amide bonds. The number of hydrogen-bond donors (Lipinski definition) is 1. The standard InChI is InChI=1S/C23H34N4O2/c1-29-21(28)5-3-13-26-14-8-23(9-15-26)10-16-27(17-11-23)18-20-7-6-19-4-2-12-24-22(19)25-20/h3,5-7H,2,4,8-18H2,1H3,(H,24,25)/b5-3+. The van der Waals surface area contributed by atoms with Crippen LogP contribution in [0.25, 0.3) is 0 Å². The van der Waals surface area contributed by atoms with Crippen LogP contribution in [-0.2, 0) is 22.5 Å². The van der Waals surface area contributed by atoms with Crippen LogP contribution in [0.15, 0.2) is 24.3 Å². The first-order valence-corrected chi connectivity index (χ1v) is 11.1. The van der Waals surface area contributed by atoms with Crippen molar-refractivity contribution in [1.29, 1.82) is 0 Å². The summed E-state index contributed by atoms with van der Waals surface area (Å²) < 4.78 is 4.65. The molecule has 4 heterocycles. The lowest BCUT2D eigenvalue weighted by Gasteiger charge is -2.46. The van der Waals surface area contributed by atoms with Crippen LogP contribution in [0.2, 0.25) is 0 Å². The predicted octanol–water partition coefficient (Wildman–Crippen LogP) is 2.85. The topological polar surface area (TPSA) is 57.7 Å². The normalized spacial score (nSPS) is 22.4. The van der Waals surface area contributed by atoms with Gasteiger partial charge < -0.3 is 10.1 Å². The summed E-state index contributed by atoms with van der Waals surface area (Å²) in [5.41, 5.74) is 3.08. The number of pyridine rings is 1. The number of carbonyl (C=O) groups excluding carboxylic acids is 1. The van der Waals surface area contributed by atoms with Crippen LogP contribution in [0.1, 0.15) is 43.4 Å². The number of ether oxygens (including phenoxy) is 1. The second-order valence-corrected chi connectivity index (χ2v) is 8.84. The van der Waals surface area contributed by atoms with E-state index in [-0.39, 0.29) is 5.97 Å². The van der Waals surface area contributed by atoms with Crippen LogP contribution in [0.4, 0.5) is 5.82 Å². The summed E-state index contributed by atoms with van der Waals surface area (Å²) in [5.74, 6) is 0.839. The third-order valence-corrected chi connectivity index (χ3v) is 6.99. The number of aromatic nitrogens is 1. The number of esters is 1. The van der Waals surface area contributed by atoms with Crippen molar-refractivity contribution in [3.05, 3.63) is 35.5 Å². The van der Waals surface area contributed by atoms with Gasteiger partial charge in [0, 0.05) is 25.7 Å². The van der Waals surface area contributed by atoms with Crippen molar-refractivity contribution in [2.75, 3.05) is 51.7 Å². The van der Waals surface area contributed by atoms with Gasteiger partial charge >= 0.3 is 5.97 Å². The Kier molecular flexibility index (Phi) is 6.50. The fourth-order valence-corrected chi connectivity index (χ4v) is 4.95. The summed E-state index contributed by atoms with van der Waals surface area (Å²) in [5, 5.41) is 3.45. The molecule has 0 radical (unpaired) electrons. The van der Waals surface area contributed by atoms with Crippen molar-refractivity contribution in [3.63, 3.8) is 0 Å². The van der Waals surface area contributed by atoms with E-state index in [4.69, 9.17) is 4.98 Å². The lowest BCUT2D eigenvalue weighted by Crippen LogP contribution is -2.46. The zero-order chi connectivity index (χ0) is 20.1. The number of methoxy groups -OCH3 is 1. The van der Waals surface area contributed by atoms with Gasteiger partial charge in [-0.25, -0.2) is 9.78 Å². The number of anilines is 1. The van der Waals surface area contributed by atoms with E-state index < -0.39 is 0 Å². The van der Waals surface area contributed by atoms with Crippen molar-refractivity contribution in [1.82, 2.24) is 14.8 Å². The van der Waals surface area contributed by atoms with Gasteiger partial charge in [-0.05, 0) is 81.7 Å². The molecule has 1 spiro atoms. The molecular weight excluding hydrogens is 364 g/mol. The molecular formula is C23H34N4O2. The Morgan fingerprint density at radius 3 is 2.62 bits per heavy atom. The van der Waals surface area contributed by atoms with E-state index in [2.05, 4.69) is 32.0 Å². The van der Waals surface area contributed by atoms with Crippen LogP contribution >= 0.6 is 0 Å². The van der Waals surface area contributed by atoms with Crippen molar-refractivity contribution in [2.24, 2.45) is 5.41 Å². The second kappa shape index (κ2) is 9.26. The molecule has 1 aromatic heterocycles. The van der Waals surface area contributed by atoms with E-state index in [1.165, 1.54) is 69.6 Å². The van der Waals surface area contributed by atoms with Crippen molar-refractivity contribution < 1.29 is 9.53 Å². The van der Waals surface area contributed by atoms with Crippen LogP contribution in [0.5, 0.6) is 0 Å². The minimum atomic E-state index is -0.268. The van der Waals surface area contributed by atoms with E-state index in [1.54, 1.807) is 0 Å². The molecule has 4 rings (SSSR count). The van der Waals surface area contributed by atoms with E-state index in [1.807, 2.05) is 6.08 Å². The molecule has 0 atom stereocenters. The molecule has 0 saturated carbocycles. The van der Waals surface area contributed by atoms with E-state index in [9.17, 15) is 4.79 Å². The van der Waals surface area contributed by atoms with Crippen molar-refractivity contribution in [3.8, 4) is 0 Å². The summed E-state index contributed by atoms with van der Waals surface area (Å²) in [7, 11) is 1.42. The molecule has 0 bridgehead atoms. The molecule has 0 aromatic carbocycles. The Bertz CT molecular complexity index is 730. The summed E-state index contributed by atoms with van der Waals surface area (Å²) >= 11 is 0. The highest BCUT2D eigenvalue weighted by Gasteiger charge is 2.37. The Morgan fingerprint density at radius 1 is 1.17 bits per heavy atom. The second-order valence-electron chi connectivity index (χ2n) is 8.84. The van der Waals surface area contributed by atoms with Gasteiger partial charge in [0.25, 0.3) is 0 Å². The van der Waals surface area contributed by atoms with Gasteiger partial charge in [-0.3, -0.25) is 9.80 Å². The van der Waals surface area contributed by atoms with Crippen LogP contribution in [0, 0.1) is 5.41 Å². The molecule has 2 saturated heterocycles. The fraction of sp³-hybridized carbons (Fsp3) is 0.652. The summed E-state index contributed by atoms with van der Waals surface area (Å²) in [4.78, 5) is 21.1. The molecule has 6 heteroatoms. The minimum absolute atomic E-state index is 0.268. The lowest BCUT2D eigenvalue weighted by molar-refractivity contribution is -0.134. The molecule has 0 aliphatic carbocycles. The SMILES string of the molecule is COC(=O)/C=C/CN1CCC2(CC1)CCN(Cc1ccc3c(n1)NCCC3)CC2. The number of fused-ring (bicyclic) bond motifs is 1. The zero-order valence-electron chi connectivity index (χ0n) is 17.7. The maximum Gasteiger partial charge on any atom is 0.330 e. The van der Waals surface area contributed by atoms with E-state index in [0.717, 1.165) is 45.0 Å². The number of likely N-dealkylation sites (tertiary alicyclic amines) is 2. The van der Waals surface area contributed by atoms with Crippen LogP contribution in [-0.4, -0.2) is 67.1 Å². The van der Waals surface area contributed by atoms with Gasteiger partial charge in [-0.15, -0.1) is 0 Å². The molecule has 1 N–H and O–H groups in total. The molecule has 3 aliphatic heterocycles. The maximum atomic E-state index is 11.2. The van der Waals surface area contributed by atoms with Gasteiger partial charge in [-0.1, -0.05) is 12.1 Å². The molecule has 1 aromatic rings. The Balaban J connectivity index is 1.23. The van der Waals surface area contributed by atoms with Crippen LogP contribution in [0.3, 0.4) is 0 Å². The maximum absolute atomic E-state index is 11.2. The molecule has 6 nitrogen and oxygen atoms in total. The highest BCUT2D eigenvalue weighted by molar-refractivity contribution is 5.81. The van der Waals surface area contributed by atoms with Gasteiger partial charge in [0.2, 0.25) is 0 Å². The largest absolute Gasteiger partial charge is 0.466 e. The van der Waals surface area contributed by atoms with Gasteiger partial charge in [0.05, 0.1) is 12.8 Å². The average Bonchev–Trinajstić information content (AvgIpc) is 2.77. The molecule has 0 unspecified atom stereocenters. The number of piperidine rings is 2. The Hall–Kier alpha value is -1.92. The third-order valence-electron chi connectivity index (χ3n) is 6.99. The molecule has 3 aliphatic rings. The average molecular weight is 399 g/mol. The number of hydrogen-bond acceptors (Lipinski definition) is 6. The van der Waals surface area contributed by atoms with Crippen molar-refractivity contribution >= 4 is 11.8 Å². The predicted molar refractivity (Wildman–Crippen MR) is 115 cm³/mol. The van der Waals surface area contributed by atoms with Gasteiger partial charge in [-0.2, -0.15) is 0 Å². The molecule has 2 fully saturated rings. The van der Waals surface area contributed by atoms with Gasteiger partial charge in [0.15, 0.2) is 0 Å². The van der Waals surface area contributed by atoms with Crippen LogP contribution < -0.4 is 5.32 Å². The number of nitrogens with zero attached hydrogens (tertiary/aromatic N) is 3. The molecule has 29 heavy (non-hydrogen) atoms. The van der Waals surface area contributed by atoms with Crippen molar-refractivity contribution in [2.45, 2.75) is 45.1 Å². The monoisotopic (exact) mass is 398 g/mol. The number of nitrogens with one attached hydrogen (secondary N) is 1. The first kappa shape index (κ1) is 20.4. The van der Waals surface area contributed by atoms with E-state index >= 15 is 0 Å². The first-order chi connectivity index (χ1) is 14.2. The fourth-order valence-electron chi connectivity index (χ4n) is 4.95. The highest BCUT2D eigenvalue weighted by Crippen LogP contribution is 2.41. The highest BCUT2D eigenvalue weighted by atomic mass is 16.5. The zero-order valence-corrected chi connectivity index (χ0v) is 17.7. The quantitative estimate of drug-likeness (QED) is 0.608. The van der Waals surface area contributed by atoms with Gasteiger partial charge in [0.1, 0.15) is 5.82 Å². The first-order valence-electron chi connectivity index (χ1n) is 11.1.